The molecule has 3 aromatic rings. The summed E-state index contributed by atoms with van der Waals surface area (Å²) in [5, 5.41) is 1.90. The Balaban J connectivity index is 2.19. The van der Waals surface area contributed by atoms with Gasteiger partial charge in [-0.2, -0.15) is 0 Å². The number of benzene rings is 3. The summed E-state index contributed by atoms with van der Waals surface area (Å²) in [7, 11) is 0. The van der Waals surface area contributed by atoms with E-state index in [1.54, 1.807) is 0 Å². The van der Waals surface area contributed by atoms with Gasteiger partial charge in [-0.3, -0.25) is 9.59 Å². The summed E-state index contributed by atoms with van der Waals surface area (Å²) in [5.74, 6) is -0.410. The molecule has 0 fully saturated rings. The molecule has 0 aliphatic heterocycles. The number of Topliss-reactive ketones (excluding diaryl/α,β-unsaturated/α-hetero) is 1. The molecule has 0 aliphatic rings. The first-order valence-electron chi connectivity index (χ1n) is 10.3. The summed E-state index contributed by atoms with van der Waals surface area (Å²) in [5.41, 5.74) is 2.09. The van der Waals surface area contributed by atoms with Crippen LogP contribution in [0, 0.1) is 0 Å². The molecule has 0 spiro atoms. The molecule has 0 heterocycles. The molecule has 0 bridgehead atoms. The van der Waals surface area contributed by atoms with Crippen molar-refractivity contribution in [3.8, 4) is 0 Å². The van der Waals surface area contributed by atoms with Crippen LogP contribution in [-0.4, -0.2) is 28.7 Å². The number of hydrogen-bond acceptors (Lipinski definition) is 2. The maximum Gasteiger partial charge on any atom is 0.255 e. The van der Waals surface area contributed by atoms with Crippen molar-refractivity contribution in [3.63, 3.8) is 0 Å². The summed E-state index contributed by atoms with van der Waals surface area (Å²) < 4.78 is 0. The third-order valence-corrected chi connectivity index (χ3v) is 5.44. The van der Waals surface area contributed by atoms with E-state index in [1.807, 2.05) is 106 Å². The van der Waals surface area contributed by atoms with E-state index in [1.165, 1.54) is 0 Å². The monoisotopic (exact) mass is 387 g/mol. The second-order valence-electron chi connectivity index (χ2n) is 8.10. The first kappa shape index (κ1) is 20.8. The summed E-state index contributed by atoms with van der Waals surface area (Å²) in [6, 6.07) is 21.3. The van der Waals surface area contributed by atoms with Gasteiger partial charge in [-0.15, -0.1) is 0 Å². The van der Waals surface area contributed by atoms with Crippen LogP contribution in [-0.2, 0) is 0 Å². The van der Waals surface area contributed by atoms with Gasteiger partial charge in [0.15, 0.2) is 5.78 Å². The molecule has 0 N–H and O–H groups in total. The minimum absolute atomic E-state index is 0.0190. The Kier molecular flexibility index (Phi) is 6.17. The fourth-order valence-electron chi connectivity index (χ4n) is 4.08. The van der Waals surface area contributed by atoms with Crippen LogP contribution in [0.4, 0.5) is 0 Å². The predicted octanol–water partition coefficient (Wildman–Crippen LogP) is 6.09. The summed E-state index contributed by atoms with van der Waals surface area (Å²) >= 11 is 0. The van der Waals surface area contributed by atoms with Gasteiger partial charge in [-0.25, -0.2) is 0 Å². The molecule has 3 rings (SSSR count). The first-order chi connectivity index (χ1) is 13.8. The predicted molar refractivity (Wildman–Crippen MR) is 120 cm³/mol. The van der Waals surface area contributed by atoms with E-state index in [0.717, 1.165) is 16.3 Å². The second kappa shape index (κ2) is 8.60. The second-order valence-corrected chi connectivity index (χ2v) is 8.10. The molecular formula is C26H29NO2. The molecule has 29 heavy (non-hydrogen) atoms. The Morgan fingerprint density at radius 2 is 1.31 bits per heavy atom. The van der Waals surface area contributed by atoms with Crippen molar-refractivity contribution in [1.29, 1.82) is 0 Å². The normalized spacial score (nSPS) is 12.4. The van der Waals surface area contributed by atoms with Gasteiger partial charge >= 0.3 is 0 Å². The first-order valence-corrected chi connectivity index (χ1v) is 10.3. The van der Waals surface area contributed by atoms with E-state index in [2.05, 4.69) is 0 Å². The third kappa shape index (κ3) is 4.09. The van der Waals surface area contributed by atoms with Gasteiger partial charge in [-0.1, -0.05) is 73.7 Å². The minimum Gasteiger partial charge on any atom is -0.334 e. The van der Waals surface area contributed by atoms with Crippen molar-refractivity contribution in [2.75, 3.05) is 0 Å². The van der Waals surface area contributed by atoms with Crippen LogP contribution in [0.1, 0.15) is 66.8 Å². The molecule has 0 aliphatic carbocycles. The zero-order valence-electron chi connectivity index (χ0n) is 17.8. The van der Waals surface area contributed by atoms with Crippen molar-refractivity contribution in [1.82, 2.24) is 4.90 Å². The quantitative estimate of drug-likeness (QED) is 0.480. The van der Waals surface area contributed by atoms with Crippen molar-refractivity contribution < 1.29 is 9.59 Å². The number of amides is 1. The minimum atomic E-state index is -0.415. The highest BCUT2D eigenvalue weighted by atomic mass is 16.2. The fourth-order valence-corrected chi connectivity index (χ4v) is 4.08. The van der Waals surface area contributed by atoms with Gasteiger partial charge in [0.1, 0.15) is 0 Å². The molecule has 0 saturated heterocycles. The number of carbonyl (C=O) groups is 2. The molecule has 0 saturated carbocycles. The molecule has 1 amide bonds. The lowest BCUT2D eigenvalue weighted by Crippen LogP contribution is -2.42. The Morgan fingerprint density at radius 3 is 1.93 bits per heavy atom. The molecule has 3 nitrogen and oxygen atoms in total. The lowest BCUT2D eigenvalue weighted by atomic mass is 9.86. The van der Waals surface area contributed by atoms with Gasteiger partial charge in [0, 0.05) is 23.6 Å². The SMILES string of the molecule is CC(C(=O)c1ccccc1)c1ccc2ccccc2c1C(=O)N(C(C)C)C(C)C. The van der Waals surface area contributed by atoms with Crippen LogP contribution >= 0.6 is 0 Å². The zero-order chi connectivity index (χ0) is 21.1. The number of carbonyl (C=O) groups excluding carboxylic acids is 2. The summed E-state index contributed by atoms with van der Waals surface area (Å²) in [6.45, 7) is 10.0. The highest BCUT2D eigenvalue weighted by Crippen LogP contribution is 2.32. The van der Waals surface area contributed by atoms with Crippen LogP contribution in [0.5, 0.6) is 0 Å². The van der Waals surface area contributed by atoms with Crippen molar-refractivity contribution in [2.24, 2.45) is 0 Å². The average molecular weight is 388 g/mol. The van der Waals surface area contributed by atoms with Crippen LogP contribution < -0.4 is 0 Å². The highest BCUT2D eigenvalue weighted by molar-refractivity contribution is 6.11. The molecule has 1 atom stereocenters. The molecule has 0 aromatic heterocycles. The molecule has 3 heteroatoms. The van der Waals surface area contributed by atoms with E-state index in [-0.39, 0.29) is 23.8 Å². The van der Waals surface area contributed by atoms with Crippen molar-refractivity contribution >= 4 is 22.5 Å². The van der Waals surface area contributed by atoms with E-state index in [0.29, 0.717) is 11.1 Å². The topological polar surface area (TPSA) is 37.4 Å². The van der Waals surface area contributed by atoms with Gasteiger partial charge in [-0.05, 0) is 44.0 Å². The lowest BCUT2D eigenvalue weighted by molar-refractivity contribution is 0.0644. The van der Waals surface area contributed by atoms with Crippen molar-refractivity contribution in [2.45, 2.75) is 52.6 Å². The molecule has 3 aromatic carbocycles. The summed E-state index contributed by atoms with van der Waals surface area (Å²) in [4.78, 5) is 28.8. The van der Waals surface area contributed by atoms with E-state index >= 15 is 0 Å². The number of hydrogen-bond donors (Lipinski definition) is 0. The largest absolute Gasteiger partial charge is 0.334 e. The fraction of sp³-hybridized carbons (Fsp3) is 0.308. The van der Waals surface area contributed by atoms with E-state index in [9.17, 15) is 9.59 Å². The molecule has 0 radical (unpaired) electrons. The standard InChI is InChI=1S/C26H29NO2/c1-17(2)27(18(3)4)26(29)24-22(16-15-20-11-9-10-14-23(20)24)19(5)25(28)21-12-7-6-8-13-21/h6-19H,1-5H3. The number of rotatable bonds is 6. The van der Waals surface area contributed by atoms with Crippen LogP contribution in [0.25, 0.3) is 10.8 Å². The van der Waals surface area contributed by atoms with E-state index < -0.39 is 5.92 Å². The maximum absolute atomic E-state index is 13.7. The van der Waals surface area contributed by atoms with Gasteiger partial charge in [0.2, 0.25) is 0 Å². The Labute approximate surface area is 173 Å². The maximum atomic E-state index is 13.7. The number of fused-ring (bicyclic) bond motifs is 1. The highest BCUT2D eigenvalue weighted by Gasteiger charge is 2.29. The van der Waals surface area contributed by atoms with Gasteiger partial charge in [0.05, 0.1) is 5.56 Å². The van der Waals surface area contributed by atoms with Gasteiger partial charge in [0.25, 0.3) is 5.91 Å². The molecular weight excluding hydrogens is 358 g/mol. The third-order valence-electron chi connectivity index (χ3n) is 5.44. The number of nitrogens with zero attached hydrogens (tertiary/aromatic N) is 1. The lowest BCUT2D eigenvalue weighted by Gasteiger charge is -2.32. The molecule has 150 valence electrons. The molecule has 1 unspecified atom stereocenters. The average Bonchev–Trinajstić information content (AvgIpc) is 2.71. The Bertz CT molecular complexity index is 1010. The van der Waals surface area contributed by atoms with Gasteiger partial charge < -0.3 is 4.90 Å². The van der Waals surface area contributed by atoms with E-state index in [4.69, 9.17) is 0 Å². The number of ketones is 1. The summed E-state index contributed by atoms with van der Waals surface area (Å²) in [6.07, 6.45) is 0. The Hall–Kier alpha value is -2.94. The van der Waals surface area contributed by atoms with Crippen LogP contribution in [0.2, 0.25) is 0 Å². The van der Waals surface area contributed by atoms with Crippen LogP contribution in [0.3, 0.4) is 0 Å². The van der Waals surface area contributed by atoms with Crippen LogP contribution in [0.15, 0.2) is 66.7 Å². The van der Waals surface area contributed by atoms with Crippen molar-refractivity contribution in [3.05, 3.63) is 83.4 Å². The zero-order valence-corrected chi connectivity index (χ0v) is 17.8. The smallest absolute Gasteiger partial charge is 0.255 e. The Morgan fingerprint density at radius 1 is 0.724 bits per heavy atom.